The summed E-state index contributed by atoms with van der Waals surface area (Å²) < 4.78 is 0. The first-order valence-electron chi connectivity index (χ1n) is 9.98. The lowest BCUT2D eigenvalue weighted by Crippen LogP contribution is -2.55. The number of likely N-dealkylation sites (tertiary alicyclic amines) is 1. The van der Waals surface area contributed by atoms with Crippen LogP contribution in [0.5, 0.6) is 0 Å². The first kappa shape index (κ1) is 22.1. The zero-order valence-electron chi connectivity index (χ0n) is 16.1. The van der Waals surface area contributed by atoms with E-state index in [0.717, 1.165) is 25.8 Å². The number of hydrogen-bond donors (Lipinski definition) is 5. The van der Waals surface area contributed by atoms with Gasteiger partial charge in [-0.1, -0.05) is 0 Å². The molecule has 3 amide bonds. The summed E-state index contributed by atoms with van der Waals surface area (Å²) in [6.07, 6.45) is 4.67. The van der Waals surface area contributed by atoms with Gasteiger partial charge in [-0.15, -0.1) is 0 Å². The number of nitrogens with two attached hydrogens (primary N) is 1. The Morgan fingerprint density at radius 2 is 1.96 bits per heavy atom. The van der Waals surface area contributed by atoms with Crippen LogP contribution in [0, 0.1) is 0 Å². The van der Waals surface area contributed by atoms with E-state index in [0.29, 0.717) is 38.8 Å². The SMILES string of the molecule is NCCCCC(NC(=O)C1CCCN1C(=O)C1CCCN1)C(=O)NCC(=O)O. The van der Waals surface area contributed by atoms with Crippen LogP contribution in [0.2, 0.25) is 0 Å². The summed E-state index contributed by atoms with van der Waals surface area (Å²) in [6, 6.07) is -1.69. The van der Waals surface area contributed by atoms with Gasteiger partial charge in [-0.3, -0.25) is 19.2 Å². The number of nitrogens with zero attached hydrogens (tertiary/aromatic N) is 1. The molecule has 3 unspecified atom stereocenters. The molecule has 3 atom stereocenters. The predicted molar refractivity (Wildman–Crippen MR) is 101 cm³/mol. The molecule has 158 valence electrons. The molecular formula is C18H31N5O5. The molecule has 2 heterocycles. The van der Waals surface area contributed by atoms with Gasteiger partial charge >= 0.3 is 5.97 Å². The quantitative estimate of drug-likeness (QED) is 0.282. The molecule has 10 heteroatoms. The number of carboxylic acid groups (broad SMARTS) is 1. The van der Waals surface area contributed by atoms with E-state index in [1.807, 2.05) is 0 Å². The molecule has 2 aliphatic heterocycles. The van der Waals surface area contributed by atoms with Crippen LogP contribution < -0.4 is 21.7 Å². The van der Waals surface area contributed by atoms with Gasteiger partial charge in [0.25, 0.3) is 0 Å². The highest BCUT2D eigenvalue weighted by molar-refractivity contribution is 5.94. The smallest absolute Gasteiger partial charge is 0.322 e. The van der Waals surface area contributed by atoms with Crippen molar-refractivity contribution in [1.82, 2.24) is 20.9 Å². The van der Waals surface area contributed by atoms with E-state index in [1.165, 1.54) is 0 Å². The van der Waals surface area contributed by atoms with Gasteiger partial charge in [0, 0.05) is 6.54 Å². The number of carboxylic acids is 1. The Bertz CT molecular complexity index is 579. The largest absolute Gasteiger partial charge is 0.480 e. The summed E-state index contributed by atoms with van der Waals surface area (Å²) in [5.74, 6) is -2.13. The predicted octanol–water partition coefficient (Wildman–Crippen LogP) is -1.46. The molecule has 0 bridgehead atoms. The second kappa shape index (κ2) is 11.0. The Morgan fingerprint density at radius 1 is 1.18 bits per heavy atom. The fraction of sp³-hybridized carbons (Fsp3) is 0.778. The van der Waals surface area contributed by atoms with E-state index in [2.05, 4.69) is 16.0 Å². The number of carbonyl (C=O) groups is 4. The summed E-state index contributed by atoms with van der Waals surface area (Å²) in [5.41, 5.74) is 5.49. The Morgan fingerprint density at radius 3 is 2.61 bits per heavy atom. The van der Waals surface area contributed by atoms with Crippen LogP contribution in [0.25, 0.3) is 0 Å². The van der Waals surface area contributed by atoms with Gasteiger partial charge in [0.05, 0.1) is 6.04 Å². The lowest BCUT2D eigenvalue weighted by Gasteiger charge is -2.28. The number of unbranched alkanes of at least 4 members (excludes halogenated alkanes) is 1. The summed E-state index contributed by atoms with van der Waals surface area (Å²) in [7, 11) is 0. The van der Waals surface area contributed by atoms with Crippen LogP contribution in [0.15, 0.2) is 0 Å². The molecule has 2 rings (SSSR count). The minimum atomic E-state index is -1.16. The summed E-state index contributed by atoms with van der Waals surface area (Å²) in [5, 5.41) is 16.9. The van der Waals surface area contributed by atoms with Crippen LogP contribution in [-0.2, 0) is 19.2 Å². The molecule has 0 aliphatic carbocycles. The maximum absolute atomic E-state index is 12.8. The second-order valence-electron chi connectivity index (χ2n) is 7.30. The van der Waals surface area contributed by atoms with Gasteiger partial charge in [0.1, 0.15) is 18.6 Å². The highest BCUT2D eigenvalue weighted by Crippen LogP contribution is 2.21. The summed E-state index contributed by atoms with van der Waals surface area (Å²) >= 11 is 0. The minimum Gasteiger partial charge on any atom is -0.480 e. The van der Waals surface area contributed by atoms with Crippen LogP contribution in [0.1, 0.15) is 44.9 Å². The van der Waals surface area contributed by atoms with E-state index in [-0.39, 0.29) is 17.9 Å². The number of aliphatic carboxylic acids is 1. The molecular weight excluding hydrogens is 366 g/mol. The summed E-state index contributed by atoms with van der Waals surface area (Å²) in [4.78, 5) is 50.1. The fourth-order valence-corrected chi connectivity index (χ4v) is 3.71. The normalized spacial score (nSPS) is 22.7. The zero-order valence-corrected chi connectivity index (χ0v) is 16.1. The highest BCUT2D eigenvalue weighted by Gasteiger charge is 2.38. The Hall–Kier alpha value is -2.20. The Kier molecular flexibility index (Phi) is 8.65. The molecule has 10 nitrogen and oxygen atoms in total. The van der Waals surface area contributed by atoms with Gasteiger partial charge in [0.15, 0.2) is 0 Å². The maximum atomic E-state index is 12.8. The average Bonchev–Trinajstić information content (AvgIpc) is 3.36. The van der Waals surface area contributed by atoms with Gasteiger partial charge in [0.2, 0.25) is 17.7 Å². The molecule has 2 aliphatic rings. The molecule has 2 saturated heterocycles. The molecule has 28 heavy (non-hydrogen) atoms. The summed E-state index contributed by atoms with van der Waals surface area (Å²) in [6.45, 7) is 1.28. The Labute approximate surface area is 164 Å². The molecule has 0 aromatic rings. The second-order valence-corrected chi connectivity index (χ2v) is 7.30. The van der Waals surface area contributed by atoms with Crippen molar-refractivity contribution in [2.75, 3.05) is 26.2 Å². The lowest BCUT2D eigenvalue weighted by atomic mass is 10.1. The van der Waals surface area contributed by atoms with Gasteiger partial charge in [-0.25, -0.2) is 0 Å². The van der Waals surface area contributed by atoms with Crippen molar-refractivity contribution in [3.63, 3.8) is 0 Å². The monoisotopic (exact) mass is 397 g/mol. The number of nitrogens with one attached hydrogen (secondary N) is 3. The van der Waals surface area contributed by atoms with Crippen molar-refractivity contribution in [3.05, 3.63) is 0 Å². The van der Waals surface area contributed by atoms with Crippen molar-refractivity contribution in [2.45, 2.75) is 63.1 Å². The molecule has 0 aromatic heterocycles. The average molecular weight is 397 g/mol. The van der Waals surface area contributed by atoms with Crippen molar-refractivity contribution in [3.8, 4) is 0 Å². The molecule has 0 aromatic carbocycles. The molecule has 0 spiro atoms. The molecule has 0 radical (unpaired) electrons. The van der Waals surface area contributed by atoms with Crippen molar-refractivity contribution >= 4 is 23.7 Å². The minimum absolute atomic E-state index is 0.0647. The maximum Gasteiger partial charge on any atom is 0.322 e. The zero-order chi connectivity index (χ0) is 20.5. The topological polar surface area (TPSA) is 154 Å². The van der Waals surface area contributed by atoms with E-state index in [9.17, 15) is 19.2 Å². The third-order valence-corrected chi connectivity index (χ3v) is 5.19. The van der Waals surface area contributed by atoms with Gasteiger partial charge < -0.3 is 31.7 Å². The van der Waals surface area contributed by atoms with E-state index < -0.39 is 30.5 Å². The van der Waals surface area contributed by atoms with Gasteiger partial charge in [-0.2, -0.15) is 0 Å². The fourth-order valence-electron chi connectivity index (χ4n) is 3.71. The van der Waals surface area contributed by atoms with E-state index in [1.54, 1.807) is 4.90 Å². The third kappa shape index (κ3) is 6.16. The van der Waals surface area contributed by atoms with Crippen LogP contribution in [0.4, 0.5) is 0 Å². The van der Waals surface area contributed by atoms with E-state index >= 15 is 0 Å². The Balaban J connectivity index is 1.98. The van der Waals surface area contributed by atoms with Crippen LogP contribution >= 0.6 is 0 Å². The van der Waals surface area contributed by atoms with Crippen molar-refractivity contribution in [1.29, 1.82) is 0 Å². The number of amides is 3. The van der Waals surface area contributed by atoms with Crippen LogP contribution in [0.3, 0.4) is 0 Å². The number of rotatable bonds is 10. The number of carbonyl (C=O) groups excluding carboxylic acids is 3. The molecule has 6 N–H and O–H groups in total. The number of hydrogen-bond acceptors (Lipinski definition) is 6. The lowest BCUT2D eigenvalue weighted by molar-refractivity contribution is -0.141. The highest BCUT2D eigenvalue weighted by atomic mass is 16.4. The molecule has 0 saturated carbocycles. The molecule has 2 fully saturated rings. The van der Waals surface area contributed by atoms with Crippen molar-refractivity contribution < 1.29 is 24.3 Å². The standard InChI is InChI=1S/C18H31N5O5/c19-8-2-1-5-12(16(26)21-11-15(24)25)22-17(27)14-7-4-10-23(14)18(28)13-6-3-9-20-13/h12-14,20H,1-11,19H2,(H,21,26)(H,22,27)(H,24,25). The third-order valence-electron chi connectivity index (χ3n) is 5.19. The van der Waals surface area contributed by atoms with Crippen LogP contribution in [-0.4, -0.2) is 78.0 Å². The first-order chi connectivity index (χ1) is 13.4. The first-order valence-corrected chi connectivity index (χ1v) is 9.98. The van der Waals surface area contributed by atoms with Gasteiger partial charge in [-0.05, 0) is 58.0 Å². The van der Waals surface area contributed by atoms with E-state index in [4.69, 9.17) is 10.8 Å². The van der Waals surface area contributed by atoms with Crippen molar-refractivity contribution in [2.24, 2.45) is 5.73 Å².